The zero-order valence-electron chi connectivity index (χ0n) is 11.2. The van der Waals surface area contributed by atoms with Crippen LogP contribution < -0.4 is 5.32 Å². The molecule has 19 heavy (non-hydrogen) atoms. The number of halogens is 2. The van der Waals surface area contributed by atoms with Crippen molar-refractivity contribution in [3.8, 4) is 0 Å². The summed E-state index contributed by atoms with van der Waals surface area (Å²) in [4.78, 5) is 18.0. The normalized spacial score (nSPS) is 10.8. The molecule has 0 aliphatic heterocycles. The van der Waals surface area contributed by atoms with E-state index in [1.165, 1.54) is 0 Å². The molecule has 0 bridgehead atoms. The van der Waals surface area contributed by atoms with Crippen molar-refractivity contribution in [3.63, 3.8) is 0 Å². The van der Waals surface area contributed by atoms with Crippen LogP contribution in [-0.2, 0) is 0 Å². The Hall–Kier alpha value is -0.840. The number of hydrogen-bond acceptors (Lipinski definition) is 3. The Balaban J connectivity index is 2.39. The summed E-state index contributed by atoms with van der Waals surface area (Å²) in [5, 5.41) is 3.24. The van der Waals surface area contributed by atoms with Gasteiger partial charge in [-0.3, -0.25) is 4.79 Å². The predicted molar refractivity (Wildman–Crippen MR) is 79.0 cm³/mol. The topological polar surface area (TPSA) is 45.2 Å². The van der Waals surface area contributed by atoms with Crippen molar-refractivity contribution in [2.24, 2.45) is 0 Å². The molecule has 0 aromatic carbocycles. The molecule has 0 fully saturated rings. The third-order valence-electron chi connectivity index (χ3n) is 2.89. The molecule has 1 rings (SSSR count). The minimum atomic E-state index is -0.214. The van der Waals surface area contributed by atoms with Crippen LogP contribution >= 0.6 is 23.2 Å². The summed E-state index contributed by atoms with van der Waals surface area (Å²) < 4.78 is 0. The Kier molecular flexibility index (Phi) is 7.13. The van der Waals surface area contributed by atoms with Gasteiger partial charge in [0.2, 0.25) is 0 Å². The van der Waals surface area contributed by atoms with Crippen LogP contribution in [0.2, 0.25) is 10.3 Å². The van der Waals surface area contributed by atoms with Gasteiger partial charge in [0.1, 0.15) is 10.3 Å². The first-order valence-electron chi connectivity index (χ1n) is 6.41. The minimum Gasteiger partial charge on any atom is -0.352 e. The van der Waals surface area contributed by atoms with E-state index in [4.69, 9.17) is 23.2 Å². The highest BCUT2D eigenvalue weighted by atomic mass is 35.5. The monoisotopic (exact) mass is 303 g/mol. The number of hydrogen-bond donors (Lipinski definition) is 1. The van der Waals surface area contributed by atoms with Crippen LogP contribution in [0.25, 0.3) is 0 Å². The highest BCUT2D eigenvalue weighted by molar-refractivity contribution is 6.34. The number of nitrogens with zero attached hydrogens (tertiary/aromatic N) is 2. The van der Waals surface area contributed by atoms with Crippen LogP contribution in [0.15, 0.2) is 12.1 Å². The zero-order chi connectivity index (χ0) is 14.3. The summed E-state index contributed by atoms with van der Waals surface area (Å²) in [6.45, 7) is 7.89. The van der Waals surface area contributed by atoms with Crippen molar-refractivity contribution in [1.29, 1.82) is 0 Å². The molecule has 106 valence electrons. The van der Waals surface area contributed by atoms with Crippen molar-refractivity contribution in [2.45, 2.75) is 20.3 Å². The molecule has 0 aliphatic rings. The Morgan fingerprint density at radius 3 is 2.58 bits per heavy atom. The van der Waals surface area contributed by atoms with Crippen LogP contribution in [0, 0.1) is 0 Å². The van der Waals surface area contributed by atoms with Crippen molar-refractivity contribution in [1.82, 2.24) is 15.2 Å². The van der Waals surface area contributed by atoms with Gasteiger partial charge in [-0.05, 0) is 38.2 Å². The van der Waals surface area contributed by atoms with Gasteiger partial charge in [0.05, 0.1) is 5.56 Å². The van der Waals surface area contributed by atoms with Crippen molar-refractivity contribution in [3.05, 3.63) is 28.0 Å². The Labute approximate surface area is 124 Å². The van der Waals surface area contributed by atoms with Gasteiger partial charge in [-0.15, -0.1) is 0 Å². The fourth-order valence-corrected chi connectivity index (χ4v) is 2.15. The summed E-state index contributed by atoms with van der Waals surface area (Å²) in [6, 6.07) is 3.13. The van der Waals surface area contributed by atoms with Crippen molar-refractivity contribution >= 4 is 29.1 Å². The number of pyridine rings is 1. The predicted octanol–water partition coefficient (Wildman–Crippen LogP) is 2.85. The second-order valence-electron chi connectivity index (χ2n) is 4.11. The molecular weight excluding hydrogens is 285 g/mol. The van der Waals surface area contributed by atoms with Gasteiger partial charge in [0, 0.05) is 6.54 Å². The van der Waals surface area contributed by atoms with E-state index >= 15 is 0 Å². The van der Waals surface area contributed by atoms with Crippen LogP contribution in [0.3, 0.4) is 0 Å². The van der Waals surface area contributed by atoms with Gasteiger partial charge in [0.15, 0.2) is 0 Å². The van der Waals surface area contributed by atoms with Gasteiger partial charge < -0.3 is 10.2 Å². The lowest BCUT2D eigenvalue weighted by atomic mass is 10.2. The molecule has 4 nitrogen and oxygen atoms in total. The summed E-state index contributed by atoms with van der Waals surface area (Å²) >= 11 is 11.6. The molecule has 0 atom stereocenters. The highest BCUT2D eigenvalue weighted by Gasteiger charge is 2.11. The molecule has 0 saturated heterocycles. The molecule has 1 aromatic rings. The smallest absolute Gasteiger partial charge is 0.254 e. The Bertz CT molecular complexity index is 422. The highest BCUT2D eigenvalue weighted by Crippen LogP contribution is 2.16. The van der Waals surface area contributed by atoms with Gasteiger partial charge in [-0.2, -0.15) is 0 Å². The van der Waals surface area contributed by atoms with Crippen molar-refractivity contribution in [2.75, 3.05) is 26.2 Å². The first kappa shape index (κ1) is 16.2. The van der Waals surface area contributed by atoms with E-state index in [1.807, 2.05) is 0 Å². The van der Waals surface area contributed by atoms with E-state index in [0.717, 1.165) is 26.1 Å². The first-order chi connectivity index (χ1) is 9.08. The molecule has 1 aromatic heterocycles. The van der Waals surface area contributed by atoms with Gasteiger partial charge in [0.25, 0.3) is 5.91 Å². The molecule has 0 saturated carbocycles. The first-order valence-corrected chi connectivity index (χ1v) is 7.16. The van der Waals surface area contributed by atoms with E-state index in [2.05, 4.69) is 29.0 Å². The maximum atomic E-state index is 11.9. The molecule has 1 N–H and O–H groups in total. The minimum absolute atomic E-state index is 0.133. The summed E-state index contributed by atoms with van der Waals surface area (Å²) in [6.07, 6.45) is 0.909. The molecular formula is C13H19Cl2N3O. The van der Waals surface area contributed by atoms with E-state index in [1.54, 1.807) is 12.1 Å². The number of rotatable bonds is 7. The average Bonchev–Trinajstić information content (AvgIpc) is 2.38. The van der Waals surface area contributed by atoms with E-state index in [9.17, 15) is 4.79 Å². The molecule has 0 unspecified atom stereocenters. The number of aromatic nitrogens is 1. The maximum Gasteiger partial charge on any atom is 0.254 e. The summed E-state index contributed by atoms with van der Waals surface area (Å²) in [7, 11) is 0. The lowest BCUT2D eigenvalue weighted by Crippen LogP contribution is -2.30. The number of carbonyl (C=O) groups is 1. The molecule has 1 heterocycles. The zero-order valence-corrected chi connectivity index (χ0v) is 12.8. The molecule has 1 amide bonds. The molecule has 0 radical (unpaired) electrons. The second kappa shape index (κ2) is 8.35. The Morgan fingerprint density at radius 2 is 2.00 bits per heavy atom. The van der Waals surface area contributed by atoms with Gasteiger partial charge in [-0.25, -0.2) is 4.98 Å². The lowest BCUT2D eigenvalue weighted by Gasteiger charge is -2.17. The third-order valence-corrected chi connectivity index (χ3v) is 3.39. The van der Waals surface area contributed by atoms with E-state index in [-0.39, 0.29) is 16.2 Å². The van der Waals surface area contributed by atoms with Crippen LogP contribution in [0.1, 0.15) is 30.6 Å². The maximum absolute atomic E-state index is 11.9. The number of amides is 1. The standard InChI is InChI=1S/C13H19Cl2N3O/c1-3-18(4-2)9-5-8-16-13(19)10-6-7-11(14)17-12(10)15/h6-7H,3-5,8-9H2,1-2H3,(H,16,19). The SMILES string of the molecule is CCN(CC)CCCNC(=O)c1ccc(Cl)nc1Cl. The van der Waals surface area contributed by atoms with Crippen LogP contribution in [0.4, 0.5) is 0 Å². The van der Waals surface area contributed by atoms with Gasteiger partial charge >= 0.3 is 0 Å². The lowest BCUT2D eigenvalue weighted by molar-refractivity contribution is 0.0951. The van der Waals surface area contributed by atoms with Gasteiger partial charge in [-0.1, -0.05) is 37.0 Å². The molecule has 0 aliphatic carbocycles. The summed E-state index contributed by atoms with van der Waals surface area (Å²) in [5.74, 6) is -0.214. The fourth-order valence-electron chi connectivity index (χ4n) is 1.72. The second-order valence-corrected chi connectivity index (χ2v) is 4.85. The summed E-state index contributed by atoms with van der Waals surface area (Å²) in [5.41, 5.74) is 0.355. The Morgan fingerprint density at radius 1 is 1.32 bits per heavy atom. The average molecular weight is 304 g/mol. The van der Waals surface area contributed by atoms with E-state index in [0.29, 0.717) is 12.1 Å². The number of carbonyl (C=O) groups excluding carboxylic acids is 1. The third kappa shape index (κ3) is 5.35. The van der Waals surface area contributed by atoms with Crippen LogP contribution in [-0.4, -0.2) is 42.0 Å². The number of nitrogens with one attached hydrogen (secondary N) is 1. The largest absolute Gasteiger partial charge is 0.352 e. The molecule has 0 spiro atoms. The quantitative estimate of drug-likeness (QED) is 0.622. The molecule has 6 heteroatoms. The van der Waals surface area contributed by atoms with Crippen LogP contribution in [0.5, 0.6) is 0 Å². The fraction of sp³-hybridized carbons (Fsp3) is 0.538. The van der Waals surface area contributed by atoms with E-state index < -0.39 is 0 Å². The van der Waals surface area contributed by atoms with Crippen molar-refractivity contribution < 1.29 is 4.79 Å².